The summed E-state index contributed by atoms with van der Waals surface area (Å²) in [6.45, 7) is 2.33. The van der Waals surface area contributed by atoms with Gasteiger partial charge in [0.15, 0.2) is 6.61 Å². The normalized spacial score (nSPS) is 17.2. The number of amides is 1. The summed E-state index contributed by atoms with van der Waals surface area (Å²) in [5.41, 5.74) is -0.759. The van der Waals surface area contributed by atoms with Gasteiger partial charge in [0.2, 0.25) is 0 Å². The summed E-state index contributed by atoms with van der Waals surface area (Å²) < 4.78 is 6.20. The van der Waals surface area contributed by atoms with Crippen LogP contribution in [0.15, 0.2) is 22.7 Å². The Kier molecular flexibility index (Phi) is 3.84. The summed E-state index contributed by atoms with van der Waals surface area (Å²) in [5, 5.41) is 9.98. The maximum atomic E-state index is 11.7. The number of aliphatic hydroxyl groups is 1. The third-order valence-corrected chi connectivity index (χ3v) is 3.45. The van der Waals surface area contributed by atoms with E-state index in [2.05, 4.69) is 15.9 Å². The van der Waals surface area contributed by atoms with E-state index in [-0.39, 0.29) is 12.5 Å². The molecule has 0 radical (unpaired) electrons. The van der Waals surface area contributed by atoms with E-state index in [1.807, 2.05) is 0 Å². The van der Waals surface area contributed by atoms with Crippen molar-refractivity contribution >= 4 is 33.4 Å². The lowest BCUT2D eigenvalue weighted by Gasteiger charge is -2.43. The van der Waals surface area contributed by atoms with Crippen LogP contribution < -0.4 is 4.74 Å². The second-order valence-electron chi connectivity index (χ2n) is 4.61. The van der Waals surface area contributed by atoms with Crippen LogP contribution in [-0.2, 0) is 4.79 Å². The molecule has 1 aromatic carbocycles. The van der Waals surface area contributed by atoms with Crippen LogP contribution in [0.25, 0.3) is 0 Å². The molecule has 0 unspecified atom stereocenters. The van der Waals surface area contributed by atoms with Crippen molar-refractivity contribution in [1.29, 1.82) is 0 Å². The molecule has 1 fully saturated rings. The van der Waals surface area contributed by atoms with Crippen molar-refractivity contribution in [3.63, 3.8) is 0 Å². The molecule has 18 heavy (non-hydrogen) atoms. The van der Waals surface area contributed by atoms with Gasteiger partial charge in [-0.3, -0.25) is 4.79 Å². The summed E-state index contributed by atoms with van der Waals surface area (Å²) in [6, 6.07) is 5.20. The molecule has 1 amide bonds. The zero-order valence-electron chi connectivity index (χ0n) is 9.82. The fourth-order valence-corrected chi connectivity index (χ4v) is 2.50. The first kappa shape index (κ1) is 13.6. The number of carbonyl (C=O) groups excluding carboxylic acids is 1. The van der Waals surface area contributed by atoms with Crippen LogP contribution in [0.3, 0.4) is 0 Å². The van der Waals surface area contributed by atoms with Gasteiger partial charge in [0, 0.05) is 4.47 Å². The molecule has 0 atom stereocenters. The van der Waals surface area contributed by atoms with E-state index >= 15 is 0 Å². The maximum absolute atomic E-state index is 11.7. The number of benzene rings is 1. The van der Waals surface area contributed by atoms with Gasteiger partial charge < -0.3 is 14.7 Å². The van der Waals surface area contributed by atoms with Crippen LogP contribution in [0, 0.1) is 0 Å². The van der Waals surface area contributed by atoms with E-state index in [0.29, 0.717) is 23.9 Å². The third-order valence-electron chi connectivity index (χ3n) is 2.66. The van der Waals surface area contributed by atoms with Gasteiger partial charge in [-0.1, -0.05) is 27.5 Å². The largest absolute Gasteiger partial charge is 0.482 e. The Hall–Kier alpha value is -0.780. The Labute approximate surface area is 119 Å². The van der Waals surface area contributed by atoms with Crippen molar-refractivity contribution in [3.8, 4) is 5.75 Å². The molecule has 98 valence electrons. The summed E-state index contributed by atoms with van der Waals surface area (Å²) >= 11 is 9.26. The number of β-amino-alcohol motifs (C(OH)–C–C–N with tert-alkyl or cyclic N) is 1. The Balaban J connectivity index is 1.86. The van der Waals surface area contributed by atoms with Crippen LogP contribution in [-0.4, -0.2) is 41.2 Å². The minimum absolute atomic E-state index is 0.0720. The summed E-state index contributed by atoms with van der Waals surface area (Å²) in [7, 11) is 0. The average molecular weight is 335 g/mol. The molecule has 0 aliphatic carbocycles. The lowest BCUT2D eigenvalue weighted by Crippen LogP contribution is -2.62. The number of hydrogen-bond donors (Lipinski definition) is 1. The van der Waals surface area contributed by atoms with E-state index in [1.165, 1.54) is 0 Å². The van der Waals surface area contributed by atoms with Crippen molar-refractivity contribution in [1.82, 2.24) is 4.90 Å². The topological polar surface area (TPSA) is 49.8 Å². The quantitative estimate of drug-likeness (QED) is 0.921. The lowest BCUT2D eigenvalue weighted by molar-refractivity contribution is -0.154. The van der Waals surface area contributed by atoms with Crippen LogP contribution in [0.4, 0.5) is 0 Å². The maximum Gasteiger partial charge on any atom is 0.260 e. The molecule has 1 heterocycles. The van der Waals surface area contributed by atoms with Crippen LogP contribution >= 0.6 is 27.5 Å². The van der Waals surface area contributed by atoms with Gasteiger partial charge in [0.25, 0.3) is 5.91 Å². The van der Waals surface area contributed by atoms with Gasteiger partial charge in [-0.05, 0) is 25.1 Å². The highest BCUT2D eigenvalue weighted by atomic mass is 79.9. The van der Waals surface area contributed by atoms with Crippen molar-refractivity contribution < 1.29 is 14.6 Å². The molecule has 0 saturated carbocycles. The van der Waals surface area contributed by atoms with Gasteiger partial charge in [-0.15, -0.1) is 0 Å². The van der Waals surface area contributed by atoms with Gasteiger partial charge in [0.1, 0.15) is 5.75 Å². The highest BCUT2D eigenvalue weighted by Crippen LogP contribution is 2.28. The molecule has 1 aromatic rings. The highest BCUT2D eigenvalue weighted by Gasteiger charge is 2.39. The number of ether oxygens (including phenoxy) is 1. The standard InChI is InChI=1S/C12H13BrClNO3/c1-12(17)6-15(7-12)11(16)5-18-10-3-2-8(13)4-9(10)14/h2-4,17H,5-7H2,1H3. The molecule has 0 bridgehead atoms. The fraction of sp³-hybridized carbons (Fsp3) is 0.417. The van der Waals surface area contributed by atoms with E-state index < -0.39 is 5.60 Å². The summed E-state index contributed by atoms with van der Waals surface area (Å²) in [4.78, 5) is 13.3. The third kappa shape index (κ3) is 3.16. The Bertz CT molecular complexity index is 470. The first-order valence-electron chi connectivity index (χ1n) is 5.45. The SMILES string of the molecule is CC1(O)CN(C(=O)COc2ccc(Br)cc2Cl)C1. The Morgan fingerprint density at radius 1 is 1.61 bits per heavy atom. The number of rotatable bonds is 3. The van der Waals surface area contributed by atoms with Crippen LogP contribution in [0.5, 0.6) is 5.75 Å². The lowest BCUT2D eigenvalue weighted by atomic mass is 9.97. The zero-order valence-corrected chi connectivity index (χ0v) is 12.2. The zero-order chi connectivity index (χ0) is 13.3. The highest BCUT2D eigenvalue weighted by molar-refractivity contribution is 9.10. The Morgan fingerprint density at radius 2 is 2.28 bits per heavy atom. The van der Waals surface area contributed by atoms with E-state index in [9.17, 15) is 9.90 Å². The van der Waals surface area contributed by atoms with Crippen LogP contribution in [0.1, 0.15) is 6.92 Å². The molecular formula is C12H13BrClNO3. The molecule has 0 aromatic heterocycles. The van der Waals surface area contributed by atoms with E-state index in [0.717, 1.165) is 4.47 Å². The number of nitrogens with zero attached hydrogens (tertiary/aromatic N) is 1. The molecule has 1 aliphatic heterocycles. The van der Waals surface area contributed by atoms with Gasteiger partial charge >= 0.3 is 0 Å². The fourth-order valence-electron chi connectivity index (χ4n) is 1.78. The number of hydrogen-bond acceptors (Lipinski definition) is 3. The van der Waals surface area contributed by atoms with Crippen molar-refractivity contribution in [2.45, 2.75) is 12.5 Å². The second-order valence-corrected chi connectivity index (χ2v) is 5.93. The first-order valence-corrected chi connectivity index (χ1v) is 6.62. The van der Waals surface area contributed by atoms with Crippen molar-refractivity contribution in [3.05, 3.63) is 27.7 Å². The number of carbonyl (C=O) groups is 1. The number of likely N-dealkylation sites (tertiary alicyclic amines) is 1. The number of halogens is 2. The minimum atomic E-state index is -0.759. The predicted octanol–water partition coefficient (Wildman–Crippen LogP) is 2.07. The van der Waals surface area contributed by atoms with Gasteiger partial charge in [0.05, 0.1) is 23.7 Å². The van der Waals surface area contributed by atoms with Crippen molar-refractivity contribution in [2.75, 3.05) is 19.7 Å². The van der Waals surface area contributed by atoms with E-state index in [4.69, 9.17) is 16.3 Å². The first-order chi connectivity index (χ1) is 8.37. The van der Waals surface area contributed by atoms with Gasteiger partial charge in [-0.25, -0.2) is 0 Å². The molecule has 1 saturated heterocycles. The molecule has 2 rings (SSSR count). The predicted molar refractivity (Wildman–Crippen MR) is 71.9 cm³/mol. The van der Waals surface area contributed by atoms with Crippen LogP contribution in [0.2, 0.25) is 5.02 Å². The van der Waals surface area contributed by atoms with Crippen molar-refractivity contribution in [2.24, 2.45) is 0 Å². The van der Waals surface area contributed by atoms with Gasteiger partial charge in [-0.2, -0.15) is 0 Å². The summed E-state index contributed by atoms with van der Waals surface area (Å²) in [5.74, 6) is 0.320. The Morgan fingerprint density at radius 3 is 2.83 bits per heavy atom. The molecule has 0 spiro atoms. The molecule has 6 heteroatoms. The van der Waals surface area contributed by atoms with E-state index in [1.54, 1.807) is 30.0 Å². The monoisotopic (exact) mass is 333 g/mol. The minimum Gasteiger partial charge on any atom is -0.482 e. The summed E-state index contributed by atoms with van der Waals surface area (Å²) in [6.07, 6.45) is 0. The molecule has 1 aliphatic rings. The molecular weight excluding hydrogens is 321 g/mol. The average Bonchev–Trinajstić information content (AvgIpc) is 2.24. The second kappa shape index (κ2) is 5.07. The molecule has 1 N–H and O–H groups in total. The molecule has 4 nitrogen and oxygen atoms in total. The smallest absolute Gasteiger partial charge is 0.260 e.